The minimum Gasteiger partial charge on any atom is -0.493 e. The number of rotatable bonds is 7. The van der Waals surface area contributed by atoms with Crippen molar-refractivity contribution in [2.45, 2.75) is 13.3 Å². The molecule has 29 heavy (non-hydrogen) atoms. The summed E-state index contributed by atoms with van der Waals surface area (Å²) in [5.74, 6) is 0.585. The summed E-state index contributed by atoms with van der Waals surface area (Å²) in [7, 11) is 4.50. The van der Waals surface area contributed by atoms with Crippen molar-refractivity contribution in [1.82, 2.24) is 4.90 Å². The summed E-state index contributed by atoms with van der Waals surface area (Å²) in [6.45, 7) is 2.20. The van der Waals surface area contributed by atoms with E-state index >= 15 is 0 Å². The van der Waals surface area contributed by atoms with Crippen LogP contribution in [0.25, 0.3) is 6.08 Å². The fourth-order valence-electron chi connectivity index (χ4n) is 3.29. The number of benzene rings is 1. The molecular formula is C22H23NO5S. The van der Waals surface area contributed by atoms with Gasteiger partial charge in [-0.3, -0.25) is 4.79 Å². The van der Waals surface area contributed by atoms with E-state index < -0.39 is 5.97 Å². The van der Waals surface area contributed by atoms with Gasteiger partial charge in [-0.25, -0.2) is 4.79 Å². The molecule has 0 saturated carbocycles. The number of ether oxygens (including phenoxy) is 3. The van der Waals surface area contributed by atoms with Crippen LogP contribution in [-0.4, -0.2) is 44.7 Å². The molecule has 0 atom stereocenters. The van der Waals surface area contributed by atoms with Crippen LogP contribution in [0.4, 0.5) is 0 Å². The number of carbonyl (C=O) groups is 2. The number of allylic oxidation sites excluding steroid dienone is 1. The third kappa shape index (κ3) is 4.19. The van der Waals surface area contributed by atoms with Gasteiger partial charge in [-0.2, -0.15) is 0 Å². The van der Waals surface area contributed by atoms with Crippen molar-refractivity contribution in [3.63, 3.8) is 0 Å². The van der Waals surface area contributed by atoms with Crippen LogP contribution in [0, 0.1) is 0 Å². The number of hydrogen-bond acceptors (Lipinski definition) is 6. The molecule has 0 radical (unpaired) electrons. The maximum absolute atomic E-state index is 13.1. The van der Waals surface area contributed by atoms with E-state index in [-0.39, 0.29) is 5.91 Å². The van der Waals surface area contributed by atoms with E-state index in [9.17, 15) is 9.59 Å². The zero-order valence-electron chi connectivity index (χ0n) is 16.9. The van der Waals surface area contributed by atoms with E-state index in [1.165, 1.54) is 18.4 Å². The maximum Gasteiger partial charge on any atom is 0.340 e. The molecule has 2 aromatic rings. The van der Waals surface area contributed by atoms with Gasteiger partial charge >= 0.3 is 5.97 Å². The fraction of sp³-hybridized carbons (Fsp3) is 0.273. The molecule has 0 unspecified atom stereocenters. The number of methoxy groups -OCH3 is 3. The largest absolute Gasteiger partial charge is 0.493 e. The van der Waals surface area contributed by atoms with Crippen LogP contribution in [-0.2, 0) is 20.7 Å². The van der Waals surface area contributed by atoms with E-state index in [0.717, 1.165) is 10.4 Å². The molecule has 1 aromatic carbocycles. The highest BCUT2D eigenvalue weighted by Crippen LogP contribution is 2.33. The first-order valence-corrected chi connectivity index (χ1v) is 9.95. The van der Waals surface area contributed by atoms with Crippen LogP contribution in [0.1, 0.15) is 17.4 Å². The molecule has 1 amide bonds. The second kappa shape index (κ2) is 8.96. The summed E-state index contributed by atoms with van der Waals surface area (Å²) in [6, 6.07) is 9.47. The highest BCUT2D eigenvalue weighted by molar-refractivity contribution is 7.10. The first kappa shape index (κ1) is 20.7. The van der Waals surface area contributed by atoms with Crippen LogP contribution >= 0.6 is 11.3 Å². The highest BCUT2D eigenvalue weighted by atomic mass is 32.1. The average Bonchev–Trinajstić information content (AvgIpc) is 3.33. The molecular weight excluding hydrogens is 390 g/mol. The molecule has 152 valence electrons. The lowest BCUT2D eigenvalue weighted by Gasteiger charge is -2.18. The number of nitrogens with zero attached hydrogens (tertiary/aromatic N) is 1. The Balaban J connectivity index is 1.87. The smallest absolute Gasteiger partial charge is 0.340 e. The van der Waals surface area contributed by atoms with Crippen molar-refractivity contribution in [1.29, 1.82) is 0 Å². The first-order chi connectivity index (χ1) is 14.0. The Kier molecular flexibility index (Phi) is 6.39. The van der Waals surface area contributed by atoms with E-state index in [1.807, 2.05) is 35.7 Å². The predicted octanol–water partition coefficient (Wildman–Crippen LogP) is 3.68. The Labute approximate surface area is 174 Å². The molecule has 0 bridgehead atoms. The van der Waals surface area contributed by atoms with E-state index in [2.05, 4.69) is 0 Å². The quantitative estimate of drug-likeness (QED) is 0.512. The molecule has 0 saturated heterocycles. The molecule has 1 aliphatic rings. The maximum atomic E-state index is 13.1. The standard InChI is InChI=1S/C22H23NO5S/c1-14-20(22(25)28-4)17(13-16-6-5-11-29-16)21(24)23(14)10-9-15-7-8-18(26-2)19(12-15)27-3/h5-8,11-13H,9-10H2,1-4H3/b17-13-. The second-order valence-corrected chi connectivity index (χ2v) is 7.40. The summed E-state index contributed by atoms with van der Waals surface area (Å²) >= 11 is 1.51. The normalized spacial score (nSPS) is 15.2. The predicted molar refractivity (Wildman–Crippen MR) is 112 cm³/mol. The Bertz CT molecular complexity index is 975. The van der Waals surface area contributed by atoms with Crippen molar-refractivity contribution in [3.8, 4) is 11.5 Å². The van der Waals surface area contributed by atoms with Gasteiger partial charge in [0.25, 0.3) is 5.91 Å². The van der Waals surface area contributed by atoms with Gasteiger partial charge in [0.15, 0.2) is 11.5 Å². The molecule has 1 aliphatic heterocycles. The van der Waals surface area contributed by atoms with Crippen LogP contribution in [0.3, 0.4) is 0 Å². The minimum absolute atomic E-state index is 0.197. The molecule has 0 N–H and O–H groups in total. The summed E-state index contributed by atoms with van der Waals surface area (Å²) in [5, 5.41) is 1.93. The van der Waals surface area contributed by atoms with E-state index in [4.69, 9.17) is 14.2 Å². The zero-order chi connectivity index (χ0) is 21.0. The van der Waals surface area contributed by atoms with E-state index in [0.29, 0.717) is 41.3 Å². The lowest BCUT2D eigenvalue weighted by Crippen LogP contribution is -2.27. The number of amides is 1. The van der Waals surface area contributed by atoms with Crippen LogP contribution < -0.4 is 9.47 Å². The summed E-state index contributed by atoms with van der Waals surface area (Å²) in [4.78, 5) is 28.0. The monoisotopic (exact) mass is 413 g/mol. The van der Waals surface area contributed by atoms with Crippen LogP contribution in [0.15, 0.2) is 52.6 Å². The van der Waals surface area contributed by atoms with Crippen LogP contribution in [0.2, 0.25) is 0 Å². The lowest BCUT2D eigenvalue weighted by atomic mass is 10.1. The van der Waals surface area contributed by atoms with Crippen molar-refractivity contribution in [2.24, 2.45) is 0 Å². The number of hydrogen-bond donors (Lipinski definition) is 0. The summed E-state index contributed by atoms with van der Waals surface area (Å²) in [6.07, 6.45) is 2.35. The fourth-order valence-corrected chi connectivity index (χ4v) is 3.95. The van der Waals surface area contributed by atoms with Crippen LogP contribution in [0.5, 0.6) is 11.5 Å². The average molecular weight is 413 g/mol. The van der Waals surface area contributed by atoms with Crippen molar-refractivity contribution in [3.05, 3.63) is 63.0 Å². The third-order valence-electron chi connectivity index (χ3n) is 4.80. The second-order valence-electron chi connectivity index (χ2n) is 6.42. The van der Waals surface area contributed by atoms with Gasteiger partial charge in [0.2, 0.25) is 0 Å². The van der Waals surface area contributed by atoms with Crippen molar-refractivity contribution in [2.75, 3.05) is 27.9 Å². The van der Waals surface area contributed by atoms with Gasteiger partial charge in [-0.05, 0) is 48.6 Å². The van der Waals surface area contributed by atoms with Gasteiger partial charge in [0, 0.05) is 17.1 Å². The topological polar surface area (TPSA) is 65.1 Å². The summed E-state index contributed by atoms with van der Waals surface area (Å²) in [5.41, 5.74) is 2.28. The Morgan fingerprint density at radius 1 is 1.14 bits per heavy atom. The highest BCUT2D eigenvalue weighted by Gasteiger charge is 2.36. The minimum atomic E-state index is -0.507. The summed E-state index contributed by atoms with van der Waals surface area (Å²) < 4.78 is 15.5. The number of esters is 1. The third-order valence-corrected chi connectivity index (χ3v) is 5.62. The molecule has 0 aliphatic carbocycles. The van der Waals surface area contributed by atoms with Gasteiger partial charge in [0.1, 0.15) is 0 Å². The Morgan fingerprint density at radius 2 is 1.90 bits per heavy atom. The van der Waals surface area contributed by atoms with Gasteiger partial charge in [-0.1, -0.05) is 12.1 Å². The molecule has 3 rings (SSSR count). The van der Waals surface area contributed by atoms with E-state index in [1.54, 1.807) is 32.1 Å². The van der Waals surface area contributed by atoms with Crippen molar-refractivity contribution < 1.29 is 23.8 Å². The molecule has 1 aromatic heterocycles. The SMILES string of the molecule is COC(=O)C1=C(C)N(CCc2ccc(OC)c(OC)c2)C(=O)/C1=C\c1cccs1. The lowest BCUT2D eigenvalue weighted by molar-refractivity contribution is -0.136. The number of carbonyl (C=O) groups excluding carboxylic acids is 2. The molecule has 6 nitrogen and oxygen atoms in total. The Morgan fingerprint density at radius 3 is 2.52 bits per heavy atom. The van der Waals surface area contributed by atoms with Gasteiger partial charge < -0.3 is 19.1 Å². The van der Waals surface area contributed by atoms with Crippen molar-refractivity contribution >= 4 is 29.3 Å². The number of thiophene rings is 1. The van der Waals surface area contributed by atoms with Gasteiger partial charge in [0.05, 0.1) is 32.5 Å². The molecule has 0 fully saturated rings. The molecule has 0 spiro atoms. The molecule has 7 heteroatoms. The first-order valence-electron chi connectivity index (χ1n) is 9.07. The zero-order valence-corrected chi connectivity index (χ0v) is 17.7. The Hall–Kier alpha value is -3.06. The van der Waals surface area contributed by atoms with Gasteiger partial charge in [-0.15, -0.1) is 11.3 Å². The molecule has 2 heterocycles.